The molecule has 3 N–H and O–H groups in total. The minimum atomic E-state index is -4.95. The summed E-state index contributed by atoms with van der Waals surface area (Å²) >= 11 is 0. The van der Waals surface area contributed by atoms with Crippen LogP contribution in [0, 0.1) is 11.8 Å². The summed E-state index contributed by atoms with van der Waals surface area (Å²) in [6, 6.07) is 20.1. The van der Waals surface area contributed by atoms with Crippen LogP contribution in [0.15, 0.2) is 85.1 Å². The number of aromatic nitrogens is 1. The molecule has 4 atom stereocenters. The number of hydrogen-bond acceptors (Lipinski definition) is 5. The van der Waals surface area contributed by atoms with Gasteiger partial charge in [-0.1, -0.05) is 60.7 Å². The zero-order chi connectivity index (χ0) is 28.9. The summed E-state index contributed by atoms with van der Waals surface area (Å²) in [4.78, 5) is 45.2. The van der Waals surface area contributed by atoms with Crippen molar-refractivity contribution in [3.8, 4) is 5.75 Å². The first-order valence-corrected chi connectivity index (χ1v) is 12.9. The number of aliphatic carboxylic acids is 1. The fourth-order valence-electron chi connectivity index (χ4n) is 6.19. The number of fused-ring (bicyclic) bond motifs is 2. The van der Waals surface area contributed by atoms with E-state index in [-0.39, 0.29) is 18.5 Å². The van der Waals surface area contributed by atoms with Crippen LogP contribution in [0.3, 0.4) is 0 Å². The van der Waals surface area contributed by atoms with Crippen LogP contribution in [0.5, 0.6) is 5.75 Å². The number of benzene rings is 3. The molecule has 3 heterocycles. The molecule has 4 unspecified atom stereocenters. The van der Waals surface area contributed by atoms with Crippen LogP contribution >= 0.6 is 0 Å². The molecule has 8 nitrogen and oxygen atoms in total. The molecule has 41 heavy (non-hydrogen) atoms. The van der Waals surface area contributed by atoms with Gasteiger partial charge in [-0.2, -0.15) is 0 Å². The van der Waals surface area contributed by atoms with Gasteiger partial charge in [0.15, 0.2) is 0 Å². The fourth-order valence-corrected chi connectivity index (χ4v) is 6.19. The second-order valence-electron chi connectivity index (χ2n) is 10.3. The van der Waals surface area contributed by atoms with Crippen LogP contribution in [-0.4, -0.2) is 44.7 Å². The zero-order valence-electron chi connectivity index (χ0n) is 21.4. The fraction of sp³-hybridized carbons (Fsp3) is 0.233. The summed E-state index contributed by atoms with van der Waals surface area (Å²) in [5.41, 5.74) is 0.333. The minimum absolute atomic E-state index is 0.0573. The van der Waals surface area contributed by atoms with Crippen LogP contribution in [0.2, 0.25) is 0 Å². The van der Waals surface area contributed by atoms with Crippen molar-refractivity contribution in [2.75, 3.05) is 0 Å². The van der Waals surface area contributed by atoms with Crippen molar-refractivity contribution in [2.24, 2.45) is 11.8 Å². The first-order valence-electron chi connectivity index (χ1n) is 12.9. The van der Waals surface area contributed by atoms with Crippen LogP contribution in [0.1, 0.15) is 22.7 Å². The van der Waals surface area contributed by atoms with Gasteiger partial charge in [-0.15, -0.1) is 13.2 Å². The van der Waals surface area contributed by atoms with Gasteiger partial charge in [0.2, 0.25) is 11.8 Å². The molecule has 0 radical (unpaired) electrons. The summed E-state index contributed by atoms with van der Waals surface area (Å²) in [7, 11) is 0. The van der Waals surface area contributed by atoms with E-state index in [1.807, 2.05) is 18.2 Å². The highest BCUT2D eigenvalue weighted by atomic mass is 19.4. The molecule has 3 aromatic carbocycles. The van der Waals surface area contributed by atoms with Crippen LogP contribution < -0.4 is 10.1 Å². The Balaban J connectivity index is 1.46. The van der Waals surface area contributed by atoms with E-state index in [1.165, 1.54) is 12.1 Å². The molecule has 4 aromatic rings. The Kier molecular flexibility index (Phi) is 6.33. The van der Waals surface area contributed by atoms with E-state index in [1.54, 1.807) is 42.6 Å². The third kappa shape index (κ3) is 4.61. The van der Waals surface area contributed by atoms with Gasteiger partial charge >= 0.3 is 12.3 Å². The molecule has 0 aliphatic carbocycles. The summed E-state index contributed by atoms with van der Waals surface area (Å²) in [5, 5.41) is 14.5. The van der Waals surface area contributed by atoms with E-state index in [4.69, 9.17) is 0 Å². The number of aromatic amines is 1. The minimum Gasteiger partial charge on any atom is -0.480 e. The summed E-state index contributed by atoms with van der Waals surface area (Å²) < 4.78 is 43.0. The van der Waals surface area contributed by atoms with E-state index in [0.29, 0.717) is 11.1 Å². The number of rotatable bonds is 7. The lowest BCUT2D eigenvalue weighted by molar-refractivity contribution is -0.274. The standard InChI is InChI=1S/C30H24F3N3O5/c31-30(32,33)41-20-10-6-9-18(13-20)25-23-24(27(38)36(26(23)37)16-17-7-2-1-3-8-17)29(35-25,28(39)40)14-19-15-34-22-12-5-4-11-21(19)22/h1-13,15,23-25,34-35H,14,16H2,(H,39,40). The maximum atomic E-state index is 14.0. The third-order valence-electron chi connectivity index (χ3n) is 7.91. The highest BCUT2D eigenvalue weighted by molar-refractivity contribution is 6.09. The molecule has 0 saturated carbocycles. The topological polar surface area (TPSA) is 112 Å². The average Bonchev–Trinajstić information content (AvgIpc) is 3.58. The van der Waals surface area contributed by atoms with Crippen molar-refractivity contribution in [1.82, 2.24) is 15.2 Å². The maximum absolute atomic E-state index is 14.0. The normalized spacial score (nSPS) is 24.2. The van der Waals surface area contributed by atoms with Crippen molar-refractivity contribution in [3.63, 3.8) is 0 Å². The van der Waals surface area contributed by atoms with Crippen molar-refractivity contribution >= 4 is 28.7 Å². The van der Waals surface area contributed by atoms with E-state index in [0.717, 1.165) is 27.9 Å². The van der Waals surface area contributed by atoms with Crippen molar-refractivity contribution in [3.05, 3.63) is 102 Å². The number of halogens is 3. The third-order valence-corrected chi connectivity index (χ3v) is 7.91. The predicted molar refractivity (Wildman–Crippen MR) is 140 cm³/mol. The Bertz CT molecular complexity index is 1650. The number of para-hydroxylation sites is 1. The summed E-state index contributed by atoms with van der Waals surface area (Å²) in [6.07, 6.45) is -3.43. The molecule has 2 aliphatic rings. The Labute approximate surface area is 231 Å². The van der Waals surface area contributed by atoms with Crippen molar-refractivity contribution in [1.29, 1.82) is 0 Å². The molecule has 11 heteroatoms. The summed E-state index contributed by atoms with van der Waals surface area (Å²) in [5.74, 6) is -5.59. The Morgan fingerprint density at radius 2 is 1.71 bits per heavy atom. The number of carboxylic acid groups (broad SMARTS) is 1. The number of carbonyl (C=O) groups excluding carboxylic acids is 2. The number of alkyl halides is 3. The Morgan fingerprint density at radius 1 is 0.976 bits per heavy atom. The molecular weight excluding hydrogens is 539 g/mol. The molecule has 1 aromatic heterocycles. The molecule has 6 rings (SSSR count). The SMILES string of the molecule is O=C1C2C(c3cccc(OC(F)(F)F)c3)NC(Cc3c[nH]c4ccccc34)(C(=O)O)C2C(=O)N1Cc1ccccc1. The lowest BCUT2D eigenvalue weighted by atomic mass is 9.76. The number of nitrogens with zero attached hydrogens (tertiary/aromatic N) is 1. The van der Waals surface area contributed by atoms with E-state index in [2.05, 4.69) is 15.0 Å². The molecule has 210 valence electrons. The van der Waals surface area contributed by atoms with Gasteiger partial charge in [0.1, 0.15) is 11.3 Å². The average molecular weight is 564 g/mol. The quantitative estimate of drug-likeness (QED) is 0.284. The van der Waals surface area contributed by atoms with E-state index < -0.39 is 53.3 Å². The second kappa shape index (κ2) is 9.77. The molecule has 2 saturated heterocycles. The van der Waals surface area contributed by atoms with Gasteiger partial charge in [0, 0.05) is 29.6 Å². The monoisotopic (exact) mass is 563 g/mol. The number of hydrogen-bond donors (Lipinski definition) is 3. The smallest absolute Gasteiger partial charge is 0.480 e. The number of carboxylic acids is 1. The Morgan fingerprint density at radius 3 is 2.44 bits per heavy atom. The van der Waals surface area contributed by atoms with Gasteiger partial charge in [0.05, 0.1) is 18.4 Å². The number of ether oxygens (including phenoxy) is 1. The maximum Gasteiger partial charge on any atom is 0.573 e. The molecule has 2 aliphatic heterocycles. The van der Waals surface area contributed by atoms with E-state index >= 15 is 0 Å². The lowest BCUT2D eigenvalue weighted by Gasteiger charge is -2.31. The van der Waals surface area contributed by atoms with Crippen LogP contribution in [0.25, 0.3) is 10.9 Å². The van der Waals surface area contributed by atoms with Gasteiger partial charge in [-0.25, -0.2) is 0 Å². The number of carbonyl (C=O) groups is 3. The summed E-state index contributed by atoms with van der Waals surface area (Å²) in [6.45, 7) is -0.0573. The first kappa shape index (κ1) is 26.6. The van der Waals surface area contributed by atoms with Crippen LogP contribution in [0.4, 0.5) is 13.2 Å². The number of H-pyrrole nitrogens is 1. The molecule has 0 spiro atoms. The largest absolute Gasteiger partial charge is 0.573 e. The van der Waals surface area contributed by atoms with Crippen LogP contribution in [-0.2, 0) is 27.3 Å². The zero-order valence-corrected chi connectivity index (χ0v) is 21.4. The van der Waals surface area contributed by atoms with Crippen molar-refractivity contribution in [2.45, 2.75) is 30.9 Å². The Hall–Kier alpha value is -4.64. The lowest BCUT2D eigenvalue weighted by Crippen LogP contribution is -2.57. The highest BCUT2D eigenvalue weighted by Crippen LogP contribution is 2.51. The van der Waals surface area contributed by atoms with Gasteiger partial charge in [-0.05, 0) is 34.9 Å². The van der Waals surface area contributed by atoms with Gasteiger partial charge in [-0.3, -0.25) is 24.6 Å². The van der Waals surface area contributed by atoms with Gasteiger partial charge < -0.3 is 14.8 Å². The molecular formula is C30H24F3N3O5. The molecule has 2 fully saturated rings. The number of likely N-dealkylation sites (tertiary alicyclic amines) is 1. The number of imide groups is 1. The molecule has 2 amide bonds. The second-order valence-corrected chi connectivity index (χ2v) is 10.3. The van der Waals surface area contributed by atoms with Gasteiger partial charge in [0.25, 0.3) is 0 Å². The number of nitrogens with one attached hydrogen (secondary N) is 2. The van der Waals surface area contributed by atoms with Crippen molar-refractivity contribution < 1.29 is 37.4 Å². The molecule has 0 bridgehead atoms. The number of amides is 2. The first-order chi connectivity index (χ1) is 19.6. The predicted octanol–water partition coefficient (Wildman–Crippen LogP) is 4.58. The highest BCUT2D eigenvalue weighted by Gasteiger charge is 2.68. The van der Waals surface area contributed by atoms with E-state index in [9.17, 15) is 32.7 Å².